The highest BCUT2D eigenvalue weighted by Gasteiger charge is 2.47. The zero-order chi connectivity index (χ0) is 15.9. The normalized spacial score (nSPS) is 28.1. The quantitative estimate of drug-likeness (QED) is 0.689. The van der Waals surface area contributed by atoms with Crippen LogP contribution in [0, 0.1) is 6.92 Å². The van der Waals surface area contributed by atoms with E-state index in [0.29, 0.717) is 55.5 Å². The predicted molar refractivity (Wildman–Crippen MR) is 83.0 cm³/mol. The third-order valence-corrected chi connectivity index (χ3v) is 5.08. The van der Waals surface area contributed by atoms with Gasteiger partial charge in [0.25, 0.3) is 0 Å². The molecule has 7 nitrogen and oxygen atoms in total. The van der Waals surface area contributed by atoms with E-state index in [-0.39, 0.29) is 5.95 Å². The molecule has 0 unspecified atom stereocenters. The van der Waals surface area contributed by atoms with Gasteiger partial charge in [-0.25, -0.2) is 4.98 Å². The average Bonchev–Trinajstić information content (AvgIpc) is 2.49. The fourth-order valence-electron chi connectivity index (χ4n) is 3.29. The zero-order valence-corrected chi connectivity index (χ0v) is 13.3. The molecule has 1 spiro atoms. The summed E-state index contributed by atoms with van der Waals surface area (Å²) in [4.78, 5) is 10.3. The number of hydrogen-bond donors (Lipinski definition) is 3. The molecule has 2 aliphatic heterocycles. The lowest BCUT2D eigenvalue weighted by Gasteiger charge is -2.48. The summed E-state index contributed by atoms with van der Waals surface area (Å²) in [6, 6.07) is 0. The molecule has 1 aromatic rings. The van der Waals surface area contributed by atoms with Crippen LogP contribution in [-0.2, 0) is 4.74 Å². The molecule has 0 bridgehead atoms. The second kappa shape index (κ2) is 5.81. The highest BCUT2D eigenvalue weighted by molar-refractivity contribution is 6.33. The molecule has 2 saturated heterocycles. The van der Waals surface area contributed by atoms with Crippen molar-refractivity contribution in [1.82, 2.24) is 9.97 Å². The van der Waals surface area contributed by atoms with Crippen LogP contribution < -0.4 is 10.6 Å². The minimum absolute atomic E-state index is 0.196. The largest absolute Gasteiger partial charge is 0.390 e. The summed E-state index contributed by atoms with van der Waals surface area (Å²) in [5, 5.41) is 20.7. The number of rotatable bonds is 1. The molecule has 2 aliphatic rings. The molecule has 4 N–H and O–H groups in total. The molecular weight excluding hydrogens is 308 g/mol. The van der Waals surface area contributed by atoms with Crippen molar-refractivity contribution in [3.8, 4) is 0 Å². The molecule has 3 heterocycles. The monoisotopic (exact) mass is 328 g/mol. The number of aliphatic hydroxyl groups excluding tert-OH is 2. The summed E-state index contributed by atoms with van der Waals surface area (Å²) in [7, 11) is 0. The lowest BCUT2D eigenvalue weighted by Crippen LogP contribution is -2.60. The SMILES string of the molecule is Cc1nc(N)nc(N2CCC3(CC2)OCC[C@H](O)[C@@H]3O)c1Cl. The third-order valence-electron chi connectivity index (χ3n) is 4.63. The van der Waals surface area contributed by atoms with Gasteiger partial charge in [-0.3, -0.25) is 0 Å². The fraction of sp³-hybridized carbons (Fsp3) is 0.714. The van der Waals surface area contributed by atoms with Crippen molar-refractivity contribution >= 4 is 23.4 Å². The van der Waals surface area contributed by atoms with Crippen LogP contribution in [0.4, 0.5) is 11.8 Å². The van der Waals surface area contributed by atoms with Crippen molar-refractivity contribution in [3.05, 3.63) is 10.7 Å². The summed E-state index contributed by atoms with van der Waals surface area (Å²) < 4.78 is 5.82. The number of nitrogens with two attached hydrogens (primary N) is 1. The van der Waals surface area contributed by atoms with Crippen LogP contribution in [0.25, 0.3) is 0 Å². The van der Waals surface area contributed by atoms with Gasteiger partial charge in [-0.05, 0) is 26.2 Å². The van der Waals surface area contributed by atoms with E-state index < -0.39 is 17.8 Å². The van der Waals surface area contributed by atoms with Crippen LogP contribution >= 0.6 is 11.6 Å². The summed E-state index contributed by atoms with van der Waals surface area (Å²) in [6.45, 7) is 3.51. The zero-order valence-electron chi connectivity index (χ0n) is 12.5. The first kappa shape index (κ1) is 15.7. The van der Waals surface area contributed by atoms with E-state index in [1.807, 2.05) is 4.90 Å². The molecular formula is C14H21ClN4O3. The van der Waals surface area contributed by atoms with Crippen LogP contribution in [0.1, 0.15) is 25.0 Å². The summed E-state index contributed by atoms with van der Waals surface area (Å²) >= 11 is 6.28. The van der Waals surface area contributed by atoms with Gasteiger partial charge < -0.3 is 25.6 Å². The van der Waals surface area contributed by atoms with Crippen molar-refractivity contribution < 1.29 is 14.9 Å². The van der Waals surface area contributed by atoms with Crippen LogP contribution in [0.3, 0.4) is 0 Å². The molecule has 2 atom stereocenters. The number of ether oxygens (including phenoxy) is 1. The number of nitrogens with zero attached hydrogens (tertiary/aromatic N) is 3. The van der Waals surface area contributed by atoms with Gasteiger partial charge in [0.05, 0.1) is 24.0 Å². The molecule has 122 valence electrons. The lowest BCUT2D eigenvalue weighted by atomic mass is 9.80. The maximum absolute atomic E-state index is 10.3. The van der Waals surface area contributed by atoms with Gasteiger partial charge in [0.15, 0.2) is 5.82 Å². The first-order chi connectivity index (χ1) is 10.4. The lowest BCUT2D eigenvalue weighted by molar-refractivity contribution is -0.205. The van der Waals surface area contributed by atoms with Crippen LogP contribution in [0.15, 0.2) is 0 Å². The van der Waals surface area contributed by atoms with E-state index in [2.05, 4.69) is 9.97 Å². The minimum atomic E-state index is -0.851. The van der Waals surface area contributed by atoms with Crippen molar-refractivity contribution in [3.63, 3.8) is 0 Å². The first-order valence-corrected chi connectivity index (χ1v) is 7.85. The molecule has 0 aliphatic carbocycles. The second-order valence-corrected chi connectivity index (χ2v) is 6.38. The Balaban J connectivity index is 1.77. The molecule has 3 rings (SSSR count). The average molecular weight is 329 g/mol. The van der Waals surface area contributed by atoms with Crippen LogP contribution in [0.2, 0.25) is 5.02 Å². The smallest absolute Gasteiger partial charge is 0.222 e. The Hall–Kier alpha value is -1.15. The molecule has 0 amide bonds. The second-order valence-electron chi connectivity index (χ2n) is 6.01. The van der Waals surface area contributed by atoms with Gasteiger partial charge in [0.1, 0.15) is 11.1 Å². The molecule has 22 heavy (non-hydrogen) atoms. The maximum Gasteiger partial charge on any atom is 0.222 e. The highest BCUT2D eigenvalue weighted by Crippen LogP contribution is 2.38. The maximum atomic E-state index is 10.3. The van der Waals surface area contributed by atoms with Gasteiger partial charge in [0, 0.05) is 13.1 Å². The number of aliphatic hydroxyl groups is 2. The molecule has 0 saturated carbocycles. The topological polar surface area (TPSA) is 105 Å². The van der Waals surface area contributed by atoms with Gasteiger partial charge >= 0.3 is 0 Å². The molecule has 0 radical (unpaired) electrons. The summed E-state index contributed by atoms with van der Waals surface area (Å²) in [6.07, 6.45) is 0.103. The van der Waals surface area contributed by atoms with Crippen molar-refractivity contribution in [2.45, 2.75) is 44.0 Å². The fourth-order valence-corrected chi connectivity index (χ4v) is 3.49. The molecule has 1 aromatic heterocycles. The van der Waals surface area contributed by atoms with E-state index in [1.54, 1.807) is 6.92 Å². The number of piperidine rings is 1. The number of halogens is 1. The van der Waals surface area contributed by atoms with Crippen molar-refractivity contribution in [2.75, 3.05) is 30.3 Å². The Morgan fingerprint density at radius 2 is 2.00 bits per heavy atom. The van der Waals surface area contributed by atoms with E-state index in [4.69, 9.17) is 22.1 Å². The number of aryl methyl sites for hydroxylation is 1. The molecule has 2 fully saturated rings. The van der Waals surface area contributed by atoms with E-state index in [1.165, 1.54) is 0 Å². The summed E-state index contributed by atoms with van der Waals surface area (Å²) in [5.74, 6) is 0.814. The van der Waals surface area contributed by atoms with Gasteiger partial charge in [-0.1, -0.05) is 11.6 Å². The number of anilines is 2. The standard InChI is InChI=1S/C14H21ClN4O3/c1-8-10(15)12(18-13(16)17-8)19-5-3-14(4-6-19)11(21)9(20)2-7-22-14/h9,11,20-21H,2-7H2,1H3,(H2,16,17,18)/t9-,11-/m0/s1. The Kier molecular flexibility index (Phi) is 4.15. The van der Waals surface area contributed by atoms with Gasteiger partial charge in [0.2, 0.25) is 5.95 Å². The van der Waals surface area contributed by atoms with Crippen LogP contribution in [0.5, 0.6) is 0 Å². The Labute approximate surface area is 134 Å². The van der Waals surface area contributed by atoms with Gasteiger partial charge in [-0.2, -0.15) is 4.98 Å². The van der Waals surface area contributed by atoms with E-state index >= 15 is 0 Å². The predicted octanol–water partition coefficient (Wildman–Crippen LogP) is 0.502. The number of nitrogen functional groups attached to an aromatic ring is 1. The third kappa shape index (κ3) is 2.62. The van der Waals surface area contributed by atoms with Crippen molar-refractivity contribution in [1.29, 1.82) is 0 Å². The van der Waals surface area contributed by atoms with Crippen molar-refractivity contribution in [2.24, 2.45) is 0 Å². The first-order valence-electron chi connectivity index (χ1n) is 7.47. The van der Waals surface area contributed by atoms with E-state index in [0.717, 1.165) is 0 Å². The molecule has 8 heteroatoms. The number of aromatic nitrogens is 2. The Bertz CT molecular complexity index is 563. The summed E-state index contributed by atoms with van der Waals surface area (Å²) in [5.41, 5.74) is 5.68. The number of hydrogen-bond acceptors (Lipinski definition) is 7. The molecule has 0 aromatic carbocycles. The van der Waals surface area contributed by atoms with E-state index in [9.17, 15) is 10.2 Å². The minimum Gasteiger partial charge on any atom is -0.390 e. The Morgan fingerprint density at radius 3 is 2.68 bits per heavy atom. The highest BCUT2D eigenvalue weighted by atomic mass is 35.5. The Morgan fingerprint density at radius 1 is 1.32 bits per heavy atom. The van der Waals surface area contributed by atoms with Crippen LogP contribution in [-0.4, -0.2) is 57.7 Å². The van der Waals surface area contributed by atoms with Gasteiger partial charge in [-0.15, -0.1) is 0 Å².